The minimum absolute atomic E-state index is 0.345. The largest absolute Gasteiger partial charge is 0.392 e. The molecule has 4 aromatic rings. The topological polar surface area (TPSA) is 88.8 Å². The van der Waals surface area contributed by atoms with Crippen LogP contribution in [0.4, 0.5) is 5.82 Å². The van der Waals surface area contributed by atoms with Crippen molar-refractivity contribution < 1.29 is 5.11 Å². The van der Waals surface area contributed by atoms with E-state index in [9.17, 15) is 5.11 Å². The SMILES string of the molecule is CC(O)CNc1nc(-c2ccccc2)nc2c1nnn2Cc1ccccc1Cl. The lowest BCUT2D eigenvalue weighted by molar-refractivity contribution is 0.208. The Bertz CT molecular complexity index is 1100. The number of fused-ring (bicyclic) bond motifs is 1. The first-order valence-corrected chi connectivity index (χ1v) is 9.31. The van der Waals surface area contributed by atoms with E-state index in [4.69, 9.17) is 16.6 Å². The van der Waals surface area contributed by atoms with Crippen LogP contribution < -0.4 is 5.32 Å². The quantitative estimate of drug-likeness (QED) is 0.521. The normalized spacial score (nSPS) is 12.2. The van der Waals surface area contributed by atoms with Crippen molar-refractivity contribution in [3.63, 3.8) is 0 Å². The van der Waals surface area contributed by atoms with Gasteiger partial charge in [-0.25, -0.2) is 14.6 Å². The van der Waals surface area contributed by atoms with Crippen molar-refractivity contribution in [3.8, 4) is 11.4 Å². The second-order valence-electron chi connectivity index (χ2n) is 6.50. The van der Waals surface area contributed by atoms with E-state index < -0.39 is 6.10 Å². The first kappa shape index (κ1) is 18.3. The summed E-state index contributed by atoms with van der Waals surface area (Å²) in [5.74, 6) is 1.10. The van der Waals surface area contributed by atoms with Gasteiger partial charge in [0.25, 0.3) is 0 Å². The number of rotatable bonds is 6. The highest BCUT2D eigenvalue weighted by atomic mass is 35.5. The molecular weight excluding hydrogens is 376 g/mol. The van der Waals surface area contributed by atoms with Gasteiger partial charge in [0.1, 0.15) is 0 Å². The molecule has 8 heteroatoms. The first-order valence-electron chi connectivity index (χ1n) is 8.94. The van der Waals surface area contributed by atoms with Gasteiger partial charge in [-0.2, -0.15) is 0 Å². The highest BCUT2D eigenvalue weighted by Crippen LogP contribution is 2.24. The lowest BCUT2D eigenvalue weighted by Gasteiger charge is -2.10. The van der Waals surface area contributed by atoms with Crippen LogP contribution in [-0.4, -0.2) is 42.7 Å². The molecule has 0 radical (unpaired) electrons. The summed E-state index contributed by atoms with van der Waals surface area (Å²) in [5.41, 5.74) is 2.96. The smallest absolute Gasteiger partial charge is 0.184 e. The highest BCUT2D eigenvalue weighted by Gasteiger charge is 2.16. The summed E-state index contributed by atoms with van der Waals surface area (Å²) < 4.78 is 1.71. The molecular formula is C20H19ClN6O. The molecule has 0 fully saturated rings. The lowest BCUT2D eigenvalue weighted by atomic mass is 10.2. The summed E-state index contributed by atoms with van der Waals surface area (Å²) in [6.07, 6.45) is -0.525. The average molecular weight is 395 g/mol. The fourth-order valence-electron chi connectivity index (χ4n) is 2.83. The summed E-state index contributed by atoms with van der Waals surface area (Å²) in [6, 6.07) is 17.3. The molecule has 0 aliphatic rings. The van der Waals surface area contributed by atoms with Crippen molar-refractivity contribution in [2.24, 2.45) is 0 Å². The zero-order valence-electron chi connectivity index (χ0n) is 15.2. The second-order valence-corrected chi connectivity index (χ2v) is 6.91. The van der Waals surface area contributed by atoms with Gasteiger partial charge in [-0.3, -0.25) is 0 Å². The number of nitrogens with one attached hydrogen (secondary N) is 1. The Kier molecular flexibility index (Phi) is 5.18. The molecule has 0 saturated heterocycles. The Hall–Kier alpha value is -3.03. The highest BCUT2D eigenvalue weighted by molar-refractivity contribution is 6.31. The first-order chi connectivity index (χ1) is 13.6. The van der Waals surface area contributed by atoms with Crippen LogP contribution in [-0.2, 0) is 6.54 Å². The zero-order chi connectivity index (χ0) is 19.5. The van der Waals surface area contributed by atoms with Gasteiger partial charge < -0.3 is 10.4 Å². The molecule has 0 amide bonds. The van der Waals surface area contributed by atoms with Crippen molar-refractivity contribution >= 4 is 28.6 Å². The van der Waals surface area contributed by atoms with Gasteiger partial charge >= 0.3 is 0 Å². The van der Waals surface area contributed by atoms with Crippen molar-refractivity contribution in [3.05, 3.63) is 65.2 Å². The Morgan fingerprint density at radius 2 is 1.82 bits per heavy atom. The Morgan fingerprint density at radius 1 is 1.07 bits per heavy atom. The predicted molar refractivity (Wildman–Crippen MR) is 109 cm³/mol. The molecule has 2 aromatic carbocycles. The van der Waals surface area contributed by atoms with E-state index in [2.05, 4.69) is 20.6 Å². The fourth-order valence-corrected chi connectivity index (χ4v) is 3.03. The molecule has 2 aromatic heterocycles. The number of halogens is 1. The minimum Gasteiger partial charge on any atom is -0.392 e. The Morgan fingerprint density at radius 3 is 2.57 bits per heavy atom. The van der Waals surface area contributed by atoms with Crippen LogP contribution in [0.25, 0.3) is 22.6 Å². The number of aliphatic hydroxyl groups excluding tert-OH is 1. The van der Waals surface area contributed by atoms with Gasteiger partial charge in [0, 0.05) is 17.1 Å². The lowest BCUT2D eigenvalue weighted by Crippen LogP contribution is -2.16. The van der Waals surface area contributed by atoms with E-state index in [1.807, 2.05) is 54.6 Å². The second kappa shape index (κ2) is 7.92. The monoisotopic (exact) mass is 394 g/mol. The average Bonchev–Trinajstić information content (AvgIpc) is 3.11. The fraction of sp³-hybridized carbons (Fsp3) is 0.200. The minimum atomic E-state index is -0.525. The Balaban J connectivity index is 1.81. The number of hydrogen-bond donors (Lipinski definition) is 2. The summed E-state index contributed by atoms with van der Waals surface area (Å²) in [7, 11) is 0. The van der Waals surface area contributed by atoms with Crippen LogP contribution in [0.2, 0.25) is 5.02 Å². The van der Waals surface area contributed by atoms with Gasteiger partial charge in [0.15, 0.2) is 22.8 Å². The zero-order valence-corrected chi connectivity index (χ0v) is 16.0. The van der Waals surface area contributed by atoms with Gasteiger partial charge in [-0.15, -0.1) is 5.10 Å². The van der Waals surface area contributed by atoms with Crippen molar-refractivity contribution in [1.29, 1.82) is 0 Å². The van der Waals surface area contributed by atoms with Gasteiger partial charge in [0.2, 0.25) is 0 Å². The molecule has 0 spiro atoms. The van der Waals surface area contributed by atoms with E-state index in [1.54, 1.807) is 11.6 Å². The van der Waals surface area contributed by atoms with Crippen LogP contribution in [0, 0.1) is 0 Å². The van der Waals surface area contributed by atoms with E-state index in [0.29, 0.717) is 40.9 Å². The molecule has 0 saturated carbocycles. The van der Waals surface area contributed by atoms with Gasteiger partial charge in [-0.05, 0) is 18.6 Å². The van der Waals surface area contributed by atoms with Gasteiger partial charge in [0.05, 0.1) is 12.6 Å². The molecule has 1 atom stereocenters. The number of aliphatic hydroxyl groups is 1. The number of benzene rings is 2. The van der Waals surface area contributed by atoms with Crippen molar-refractivity contribution in [1.82, 2.24) is 25.0 Å². The van der Waals surface area contributed by atoms with E-state index in [0.717, 1.165) is 11.1 Å². The number of aromatic nitrogens is 5. The van der Waals surface area contributed by atoms with Crippen LogP contribution in [0.5, 0.6) is 0 Å². The third-order valence-corrected chi connectivity index (χ3v) is 4.61. The van der Waals surface area contributed by atoms with Crippen LogP contribution in [0.3, 0.4) is 0 Å². The van der Waals surface area contributed by atoms with Crippen LogP contribution in [0.1, 0.15) is 12.5 Å². The molecule has 0 aliphatic heterocycles. The standard InChI is InChI=1S/C20H19ClN6O/c1-13(28)11-22-19-17-20(24-18(23-19)14-7-3-2-4-8-14)27(26-25-17)12-15-9-5-6-10-16(15)21/h2-10,13,28H,11-12H2,1H3,(H,22,23,24). The summed E-state index contributed by atoms with van der Waals surface area (Å²) in [5, 5.41) is 22.0. The number of anilines is 1. The maximum absolute atomic E-state index is 9.64. The van der Waals surface area contributed by atoms with E-state index in [-0.39, 0.29) is 0 Å². The summed E-state index contributed by atoms with van der Waals surface area (Å²) in [4.78, 5) is 9.31. The molecule has 0 aliphatic carbocycles. The molecule has 0 bridgehead atoms. The number of nitrogens with zero attached hydrogens (tertiary/aromatic N) is 5. The predicted octanol–water partition coefficient (Wildman–Crippen LogP) is 3.38. The van der Waals surface area contributed by atoms with Crippen molar-refractivity contribution in [2.45, 2.75) is 19.6 Å². The van der Waals surface area contributed by atoms with Crippen LogP contribution in [0.15, 0.2) is 54.6 Å². The maximum atomic E-state index is 9.64. The molecule has 7 nitrogen and oxygen atoms in total. The molecule has 2 heterocycles. The molecule has 1 unspecified atom stereocenters. The molecule has 142 valence electrons. The van der Waals surface area contributed by atoms with Crippen LogP contribution >= 0.6 is 11.6 Å². The number of hydrogen-bond acceptors (Lipinski definition) is 6. The molecule has 2 N–H and O–H groups in total. The third kappa shape index (κ3) is 3.81. The Labute approximate surface area is 167 Å². The molecule has 4 rings (SSSR count). The van der Waals surface area contributed by atoms with Gasteiger partial charge in [-0.1, -0.05) is 65.3 Å². The molecule has 28 heavy (non-hydrogen) atoms. The summed E-state index contributed by atoms with van der Waals surface area (Å²) in [6.45, 7) is 2.49. The van der Waals surface area contributed by atoms with E-state index >= 15 is 0 Å². The van der Waals surface area contributed by atoms with Crippen molar-refractivity contribution in [2.75, 3.05) is 11.9 Å². The van der Waals surface area contributed by atoms with E-state index in [1.165, 1.54) is 0 Å². The third-order valence-electron chi connectivity index (χ3n) is 4.24. The maximum Gasteiger partial charge on any atom is 0.184 e. The summed E-state index contributed by atoms with van der Waals surface area (Å²) >= 11 is 6.30.